The molecule has 2 saturated heterocycles. The van der Waals surface area contributed by atoms with Crippen molar-refractivity contribution in [2.24, 2.45) is 10.9 Å². The van der Waals surface area contributed by atoms with E-state index in [9.17, 15) is 14.4 Å². The second-order valence-corrected chi connectivity index (χ2v) is 12.2. The van der Waals surface area contributed by atoms with E-state index < -0.39 is 23.6 Å². The molecule has 0 N–H and O–H groups in total. The first-order valence-electron chi connectivity index (χ1n) is 14.9. The van der Waals surface area contributed by atoms with Gasteiger partial charge in [-0.3, -0.25) is 4.79 Å². The molecule has 0 saturated carbocycles. The fourth-order valence-corrected chi connectivity index (χ4v) is 7.12. The minimum atomic E-state index is -0.587. The van der Waals surface area contributed by atoms with Crippen LogP contribution in [0.25, 0.3) is 16.3 Å². The molecule has 2 fully saturated rings. The molecule has 1 amide bonds. The van der Waals surface area contributed by atoms with Gasteiger partial charge in [0.1, 0.15) is 29.9 Å². The van der Waals surface area contributed by atoms with Crippen molar-refractivity contribution in [1.82, 2.24) is 14.7 Å². The highest BCUT2D eigenvalue weighted by atomic mass is 35.5. The predicted molar refractivity (Wildman–Crippen MR) is 168 cm³/mol. The maximum Gasteiger partial charge on any atom is 0.246 e. The van der Waals surface area contributed by atoms with E-state index in [4.69, 9.17) is 21.3 Å². The second-order valence-electron chi connectivity index (χ2n) is 11.8. The Morgan fingerprint density at radius 1 is 1.23 bits per heavy atom. The standard InChI is InChI=1S/C34H34ClF2N5O2/c1-4-30(43)41-13-14-42(20(2)18-41)33-25-15-28(37)24(23-9-5-7-21-10-11-27(36)32(35)31(21)23)16-29(25)39-34(26(33)17-38)44-19-22-8-6-12-40(22)3/h4-5,7,9-11,15-16,20,22,25,29H,1,6,8,12-14,18-19H2,2-3H3/t20-,22-,25?,29?/m0/s1. The molecule has 1 aliphatic carbocycles. The number of dihydropyridines is 1. The number of nitrogens with zero attached hydrogens (tertiary/aromatic N) is 5. The van der Waals surface area contributed by atoms with Crippen LogP contribution in [-0.4, -0.2) is 84.5 Å². The highest BCUT2D eigenvalue weighted by Crippen LogP contribution is 2.44. The van der Waals surface area contributed by atoms with Crippen molar-refractivity contribution in [2.45, 2.75) is 37.9 Å². The number of halogens is 3. The van der Waals surface area contributed by atoms with E-state index in [-0.39, 0.29) is 40.1 Å². The summed E-state index contributed by atoms with van der Waals surface area (Å²) < 4.78 is 37.1. The largest absolute Gasteiger partial charge is 0.475 e. The number of hydrogen-bond acceptors (Lipinski definition) is 6. The van der Waals surface area contributed by atoms with E-state index in [0.29, 0.717) is 48.3 Å². The molecule has 2 aromatic rings. The summed E-state index contributed by atoms with van der Waals surface area (Å²) in [5.41, 5.74) is 1.63. The predicted octanol–water partition coefficient (Wildman–Crippen LogP) is 5.89. The van der Waals surface area contributed by atoms with Gasteiger partial charge in [-0.2, -0.15) is 5.26 Å². The summed E-state index contributed by atoms with van der Waals surface area (Å²) in [4.78, 5) is 23.3. The molecule has 4 aliphatic rings. The number of ether oxygens (including phenoxy) is 1. The zero-order valence-corrected chi connectivity index (χ0v) is 25.5. The van der Waals surface area contributed by atoms with Crippen molar-refractivity contribution < 1.29 is 18.3 Å². The molecule has 3 aliphatic heterocycles. The van der Waals surface area contributed by atoms with Crippen molar-refractivity contribution in [3.8, 4) is 6.07 Å². The number of allylic oxidation sites excluding steroid dienone is 2. The van der Waals surface area contributed by atoms with E-state index in [2.05, 4.69) is 29.5 Å². The molecule has 4 atom stereocenters. The summed E-state index contributed by atoms with van der Waals surface area (Å²) in [5.74, 6) is -1.59. The minimum absolute atomic E-state index is 0.0705. The van der Waals surface area contributed by atoms with Gasteiger partial charge >= 0.3 is 0 Å². The first-order valence-corrected chi connectivity index (χ1v) is 15.3. The van der Waals surface area contributed by atoms with Crippen molar-refractivity contribution in [3.63, 3.8) is 0 Å². The number of likely N-dealkylation sites (tertiary alicyclic amines) is 1. The van der Waals surface area contributed by atoms with Crippen molar-refractivity contribution in [2.75, 3.05) is 39.8 Å². The van der Waals surface area contributed by atoms with Crippen LogP contribution in [0.2, 0.25) is 5.02 Å². The molecule has 3 heterocycles. The number of aliphatic imine (C=N–C) groups is 1. The summed E-state index contributed by atoms with van der Waals surface area (Å²) in [6.45, 7) is 8.26. The molecule has 0 radical (unpaired) electrons. The Morgan fingerprint density at radius 2 is 2.05 bits per heavy atom. The maximum atomic E-state index is 16.2. The summed E-state index contributed by atoms with van der Waals surface area (Å²) >= 11 is 6.42. The third kappa shape index (κ3) is 5.31. The van der Waals surface area contributed by atoms with Gasteiger partial charge in [0.25, 0.3) is 0 Å². The molecule has 44 heavy (non-hydrogen) atoms. The van der Waals surface area contributed by atoms with E-state index >= 15 is 4.39 Å². The molecule has 2 unspecified atom stereocenters. The first kappa shape index (κ1) is 30.0. The Morgan fingerprint density at radius 3 is 2.75 bits per heavy atom. The Kier molecular flexibility index (Phi) is 8.32. The molecule has 0 bridgehead atoms. The Bertz CT molecular complexity index is 1690. The number of hydrogen-bond donors (Lipinski definition) is 0. The Hall–Kier alpha value is -4.00. The van der Waals surface area contributed by atoms with Gasteiger partial charge in [-0.1, -0.05) is 42.4 Å². The quantitative estimate of drug-likeness (QED) is 0.392. The highest BCUT2D eigenvalue weighted by molar-refractivity contribution is 6.36. The van der Waals surface area contributed by atoms with Gasteiger partial charge in [-0.05, 0) is 68.6 Å². The number of nitriles is 1. The van der Waals surface area contributed by atoms with Gasteiger partial charge in [0.15, 0.2) is 0 Å². The molecule has 0 aromatic heterocycles. The number of fused-ring (bicyclic) bond motifs is 2. The molecule has 228 valence electrons. The topological polar surface area (TPSA) is 72.2 Å². The van der Waals surface area contributed by atoms with E-state index in [1.54, 1.807) is 35.2 Å². The molecule has 0 spiro atoms. The van der Waals surface area contributed by atoms with Crippen LogP contribution in [0.1, 0.15) is 25.3 Å². The van der Waals surface area contributed by atoms with Crippen LogP contribution in [0.4, 0.5) is 8.78 Å². The highest BCUT2D eigenvalue weighted by Gasteiger charge is 2.41. The monoisotopic (exact) mass is 617 g/mol. The van der Waals surface area contributed by atoms with E-state index in [1.807, 2.05) is 6.92 Å². The van der Waals surface area contributed by atoms with Gasteiger partial charge in [0.2, 0.25) is 11.8 Å². The zero-order valence-electron chi connectivity index (χ0n) is 24.8. The van der Waals surface area contributed by atoms with Gasteiger partial charge in [-0.15, -0.1) is 0 Å². The zero-order chi connectivity index (χ0) is 31.1. The normalized spacial score (nSPS) is 25.7. The van der Waals surface area contributed by atoms with Crippen molar-refractivity contribution in [3.05, 3.63) is 88.6 Å². The van der Waals surface area contributed by atoms with Crippen LogP contribution >= 0.6 is 11.6 Å². The number of piperazine rings is 1. The Labute approximate surface area is 261 Å². The lowest BCUT2D eigenvalue weighted by Crippen LogP contribution is -2.55. The van der Waals surface area contributed by atoms with Crippen LogP contribution < -0.4 is 0 Å². The number of carbonyl (C=O) groups excluding carboxylic acids is 1. The number of benzene rings is 2. The van der Waals surface area contributed by atoms with Crippen LogP contribution in [0, 0.1) is 23.1 Å². The van der Waals surface area contributed by atoms with Gasteiger partial charge < -0.3 is 19.4 Å². The fraction of sp³-hybridized carbons (Fsp3) is 0.382. The average Bonchev–Trinajstić information content (AvgIpc) is 3.44. The number of amides is 1. The fourth-order valence-electron chi connectivity index (χ4n) is 6.85. The molecule has 7 nitrogen and oxygen atoms in total. The SMILES string of the molecule is C=CC(=O)N1CCN(C2=C(C#N)C(OC[C@@H]3CCCN3C)=NC3C=C(c4cccc5ccc(F)c(Cl)c45)C(F)=CC23)[C@@H](C)C1. The third-order valence-corrected chi connectivity index (χ3v) is 9.55. The first-order chi connectivity index (χ1) is 21.2. The molecule has 2 aromatic carbocycles. The Balaban J connectivity index is 1.43. The van der Waals surface area contributed by atoms with Gasteiger partial charge in [0, 0.05) is 54.3 Å². The van der Waals surface area contributed by atoms with Gasteiger partial charge in [0.05, 0.1) is 11.1 Å². The minimum Gasteiger partial charge on any atom is -0.475 e. The van der Waals surface area contributed by atoms with Crippen molar-refractivity contribution in [1.29, 1.82) is 5.26 Å². The van der Waals surface area contributed by atoms with E-state index in [1.165, 1.54) is 18.2 Å². The van der Waals surface area contributed by atoms with Crippen LogP contribution in [0.5, 0.6) is 0 Å². The average molecular weight is 618 g/mol. The molecule has 10 heteroatoms. The van der Waals surface area contributed by atoms with Gasteiger partial charge in [-0.25, -0.2) is 13.8 Å². The summed E-state index contributed by atoms with van der Waals surface area (Å²) in [6.07, 6.45) is 6.59. The summed E-state index contributed by atoms with van der Waals surface area (Å²) in [5, 5.41) is 11.5. The number of carbonyl (C=O) groups is 1. The molecule has 6 rings (SSSR count). The smallest absolute Gasteiger partial charge is 0.246 e. The van der Waals surface area contributed by atoms with E-state index in [0.717, 1.165) is 19.4 Å². The van der Waals surface area contributed by atoms with Crippen LogP contribution in [0.15, 0.2) is 77.2 Å². The molecular weight excluding hydrogens is 584 g/mol. The molecular formula is C34H34ClF2N5O2. The van der Waals surface area contributed by atoms with Crippen LogP contribution in [0.3, 0.4) is 0 Å². The second kappa shape index (κ2) is 12.2. The third-order valence-electron chi connectivity index (χ3n) is 9.18. The maximum absolute atomic E-state index is 16.2. The lowest BCUT2D eigenvalue weighted by atomic mass is 9.81. The number of likely N-dealkylation sites (N-methyl/N-ethyl adjacent to an activating group) is 1. The lowest BCUT2D eigenvalue weighted by Gasteiger charge is -2.46. The summed E-state index contributed by atoms with van der Waals surface area (Å²) in [6, 6.07) is 10.0. The number of rotatable bonds is 5. The van der Waals surface area contributed by atoms with Crippen LogP contribution in [-0.2, 0) is 9.53 Å². The van der Waals surface area contributed by atoms with Crippen molar-refractivity contribution >= 4 is 39.8 Å². The lowest BCUT2D eigenvalue weighted by molar-refractivity contribution is -0.128. The summed E-state index contributed by atoms with van der Waals surface area (Å²) in [7, 11) is 2.06.